The lowest BCUT2D eigenvalue weighted by molar-refractivity contribution is 0.124. The molecule has 0 heterocycles. The Hall–Kier alpha value is 0. The summed E-state index contributed by atoms with van der Waals surface area (Å²) in [5, 5.41) is 0. The zero-order valence-electron chi connectivity index (χ0n) is 7.84. The van der Waals surface area contributed by atoms with Gasteiger partial charge in [0.25, 0.3) is 0 Å². The van der Waals surface area contributed by atoms with Crippen molar-refractivity contribution >= 4 is 0 Å². The molecule has 2 aliphatic rings. The third-order valence-electron chi connectivity index (χ3n) is 3.48. The van der Waals surface area contributed by atoms with E-state index in [1.807, 2.05) is 0 Å². The molecule has 2 saturated carbocycles. The van der Waals surface area contributed by atoms with E-state index in [9.17, 15) is 0 Å². The van der Waals surface area contributed by atoms with Crippen molar-refractivity contribution in [3.8, 4) is 0 Å². The van der Waals surface area contributed by atoms with Crippen molar-refractivity contribution in [2.24, 2.45) is 23.7 Å². The fraction of sp³-hybridized carbons (Fsp3) is 1.00. The molecule has 0 heteroatoms. The highest BCUT2D eigenvalue weighted by atomic mass is 14.5. The van der Waals surface area contributed by atoms with Gasteiger partial charge in [0.2, 0.25) is 0 Å². The summed E-state index contributed by atoms with van der Waals surface area (Å²) >= 11 is 0. The van der Waals surface area contributed by atoms with Gasteiger partial charge in [0, 0.05) is 0 Å². The van der Waals surface area contributed by atoms with E-state index in [0.717, 1.165) is 17.8 Å². The van der Waals surface area contributed by atoms with Crippen molar-refractivity contribution in [1.29, 1.82) is 0 Å². The van der Waals surface area contributed by atoms with Gasteiger partial charge < -0.3 is 0 Å². The van der Waals surface area contributed by atoms with Gasteiger partial charge in [-0.05, 0) is 55.8 Å². The van der Waals surface area contributed by atoms with Gasteiger partial charge in [-0.25, -0.2) is 0 Å². The normalized spacial score (nSPS) is 37.4. The first kappa shape index (κ1) is 7.64. The largest absolute Gasteiger partial charge is 0.0628 e. The van der Waals surface area contributed by atoms with Gasteiger partial charge in [-0.1, -0.05) is 13.8 Å². The second-order valence-electron chi connectivity index (χ2n) is 4.97. The zero-order valence-corrected chi connectivity index (χ0v) is 7.84. The van der Waals surface area contributed by atoms with Crippen molar-refractivity contribution < 1.29 is 0 Å². The lowest BCUT2D eigenvalue weighted by atomic mass is 9.68. The minimum absolute atomic E-state index is 0.932. The van der Waals surface area contributed by atoms with Crippen LogP contribution < -0.4 is 0 Å². The van der Waals surface area contributed by atoms with E-state index in [2.05, 4.69) is 13.8 Å². The molecule has 0 radical (unpaired) electrons. The number of hydrogen-bond donors (Lipinski definition) is 0. The second-order valence-corrected chi connectivity index (χ2v) is 4.97. The average Bonchev–Trinajstić information content (AvgIpc) is 2.64. The standard InChI is InChI=1S/C11H20/c1-8(2)7-10-5-6-11(10)9-3-4-9/h8-11H,3-7H2,1-2H3. The van der Waals surface area contributed by atoms with Gasteiger partial charge in [-0.15, -0.1) is 0 Å². The lowest BCUT2D eigenvalue weighted by Crippen LogP contribution is -2.28. The molecule has 2 fully saturated rings. The van der Waals surface area contributed by atoms with E-state index < -0.39 is 0 Å². The molecule has 2 atom stereocenters. The van der Waals surface area contributed by atoms with Crippen LogP contribution in [-0.4, -0.2) is 0 Å². The van der Waals surface area contributed by atoms with Crippen LogP contribution in [0.5, 0.6) is 0 Å². The Morgan fingerprint density at radius 2 is 1.82 bits per heavy atom. The quantitative estimate of drug-likeness (QED) is 0.581. The Kier molecular flexibility index (Phi) is 1.95. The van der Waals surface area contributed by atoms with E-state index in [1.165, 1.54) is 12.3 Å². The van der Waals surface area contributed by atoms with Crippen LogP contribution in [0.4, 0.5) is 0 Å². The third kappa shape index (κ3) is 1.60. The van der Waals surface area contributed by atoms with Crippen molar-refractivity contribution in [3.63, 3.8) is 0 Å². The van der Waals surface area contributed by atoms with Crippen molar-refractivity contribution in [3.05, 3.63) is 0 Å². The molecule has 0 N–H and O–H groups in total. The van der Waals surface area contributed by atoms with Gasteiger partial charge >= 0.3 is 0 Å². The lowest BCUT2D eigenvalue weighted by Gasteiger charge is -2.38. The SMILES string of the molecule is CC(C)CC1CCC1C1CC1. The van der Waals surface area contributed by atoms with Gasteiger partial charge in [0.15, 0.2) is 0 Å². The van der Waals surface area contributed by atoms with Crippen LogP contribution in [-0.2, 0) is 0 Å². The molecule has 0 bridgehead atoms. The molecule has 0 aromatic rings. The van der Waals surface area contributed by atoms with Gasteiger partial charge in [-0.3, -0.25) is 0 Å². The van der Waals surface area contributed by atoms with Crippen molar-refractivity contribution in [2.75, 3.05) is 0 Å². The smallest absolute Gasteiger partial charge is 0.0357 e. The van der Waals surface area contributed by atoms with E-state index in [0.29, 0.717) is 0 Å². The third-order valence-corrected chi connectivity index (χ3v) is 3.48. The fourth-order valence-corrected chi connectivity index (χ4v) is 2.64. The topological polar surface area (TPSA) is 0 Å². The predicted molar refractivity (Wildman–Crippen MR) is 48.4 cm³/mol. The van der Waals surface area contributed by atoms with Gasteiger partial charge in [0.1, 0.15) is 0 Å². The number of hydrogen-bond acceptors (Lipinski definition) is 0. The summed E-state index contributed by atoms with van der Waals surface area (Å²) in [6, 6.07) is 0. The summed E-state index contributed by atoms with van der Waals surface area (Å²) in [6.45, 7) is 4.73. The second kappa shape index (κ2) is 2.80. The van der Waals surface area contributed by atoms with Gasteiger partial charge in [0.05, 0.1) is 0 Å². The summed E-state index contributed by atoms with van der Waals surface area (Å²) in [6.07, 6.45) is 7.71. The van der Waals surface area contributed by atoms with Gasteiger partial charge in [-0.2, -0.15) is 0 Å². The monoisotopic (exact) mass is 152 g/mol. The first-order valence-corrected chi connectivity index (χ1v) is 5.27. The Labute approximate surface area is 70.4 Å². The first-order chi connectivity index (χ1) is 5.27. The molecular formula is C11H20. The molecule has 0 aromatic heterocycles. The summed E-state index contributed by atoms with van der Waals surface area (Å²) < 4.78 is 0. The molecule has 2 rings (SSSR count). The fourth-order valence-electron chi connectivity index (χ4n) is 2.64. The maximum absolute atomic E-state index is 2.36. The highest BCUT2D eigenvalue weighted by molar-refractivity contribution is 4.92. The van der Waals surface area contributed by atoms with Crippen LogP contribution >= 0.6 is 0 Å². The summed E-state index contributed by atoms with van der Waals surface area (Å²) in [5.41, 5.74) is 0. The van der Waals surface area contributed by atoms with Crippen molar-refractivity contribution in [1.82, 2.24) is 0 Å². The molecule has 0 amide bonds. The maximum atomic E-state index is 2.36. The minimum atomic E-state index is 0.932. The van der Waals surface area contributed by atoms with Crippen LogP contribution in [0.15, 0.2) is 0 Å². The van der Waals surface area contributed by atoms with E-state index >= 15 is 0 Å². The molecule has 11 heavy (non-hydrogen) atoms. The average molecular weight is 152 g/mol. The molecule has 2 aliphatic carbocycles. The van der Waals surface area contributed by atoms with E-state index in [4.69, 9.17) is 0 Å². The highest BCUT2D eigenvalue weighted by Gasteiger charge is 2.41. The van der Waals surface area contributed by atoms with Crippen LogP contribution in [0.25, 0.3) is 0 Å². The van der Waals surface area contributed by atoms with E-state index in [-0.39, 0.29) is 0 Å². The highest BCUT2D eigenvalue weighted by Crippen LogP contribution is 2.52. The Balaban J connectivity index is 1.76. The number of rotatable bonds is 3. The first-order valence-electron chi connectivity index (χ1n) is 5.27. The molecule has 0 saturated heterocycles. The maximum Gasteiger partial charge on any atom is -0.0357 e. The molecule has 0 aromatic carbocycles. The minimum Gasteiger partial charge on any atom is -0.0628 e. The zero-order chi connectivity index (χ0) is 7.84. The Bertz CT molecular complexity index is 133. The van der Waals surface area contributed by atoms with Crippen molar-refractivity contribution in [2.45, 2.75) is 46.0 Å². The molecule has 0 aliphatic heterocycles. The molecule has 2 unspecified atom stereocenters. The van der Waals surface area contributed by atoms with E-state index in [1.54, 1.807) is 25.7 Å². The summed E-state index contributed by atoms with van der Waals surface area (Å²) in [7, 11) is 0. The predicted octanol–water partition coefficient (Wildman–Crippen LogP) is 3.47. The molecule has 0 spiro atoms. The Morgan fingerprint density at radius 3 is 2.18 bits per heavy atom. The molecule has 64 valence electrons. The summed E-state index contributed by atoms with van der Waals surface area (Å²) in [4.78, 5) is 0. The van der Waals surface area contributed by atoms with Crippen LogP contribution in [0, 0.1) is 23.7 Å². The molecule has 0 nitrogen and oxygen atoms in total. The summed E-state index contributed by atoms with van der Waals surface area (Å²) in [5.74, 6) is 4.40. The van der Waals surface area contributed by atoms with Crippen LogP contribution in [0.2, 0.25) is 0 Å². The molecular weight excluding hydrogens is 132 g/mol. The van der Waals surface area contributed by atoms with Crippen LogP contribution in [0.3, 0.4) is 0 Å². The van der Waals surface area contributed by atoms with Crippen LogP contribution in [0.1, 0.15) is 46.0 Å². The Morgan fingerprint density at radius 1 is 1.09 bits per heavy atom.